The molecule has 0 aliphatic heterocycles. The average molecular weight is 697 g/mol. The zero-order valence-corrected chi connectivity index (χ0v) is 24.7. The zero-order valence-electron chi connectivity index (χ0n) is 21.5. The normalized spacial score (nSPS) is 11.3. The van der Waals surface area contributed by atoms with Crippen molar-refractivity contribution in [3.63, 3.8) is 0 Å². The standard InChI is InChI=1S/C27H18NOS.C5H8O2.Ir/c1-16-7-5-8-17(2)26(16)25-15-22-24(30-25)14-13-21(28-22)20-11-6-10-19-18-9-3-4-12-23(18)29-27(19)20;1-4(6)3-5(2)7;/h3-10,12-15H,1-2H3;3,6H,1-2H3;/q-1;;/b;4-3-;. The van der Waals surface area contributed by atoms with Crippen molar-refractivity contribution >= 4 is 49.3 Å². The van der Waals surface area contributed by atoms with Crippen LogP contribution < -0.4 is 0 Å². The van der Waals surface area contributed by atoms with Gasteiger partial charge in [-0.2, -0.15) is 0 Å². The van der Waals surface area contributed by atoms with Gasteiger partial charge in [-0.05, 0) is 68.3 Å². The number of thiophene rings is 1. The number of hydrogen-bond donors (Lipinski definition) is 1. The number of rotatable bonds is 3. The molecule has 6 heteroatoms. The number of para-hydroxylation sites is 1. The van der Waals surface area contributed by atoms with Gasteiger partial charge in [-0.25, -0.2) is 0 Å². The van der Waals surface area contributed by atoms with Crippen molar-refractivity contribution in [1.29, 1.82) is 0 Å². The number of nitrogens with zero attached hydrogens (tertiary/aromatic N) is 1. The van der Waals surface area contributed by atoms with Crippen molar-refractivity contribution in [3.8, 4) is 21.7 Å². The summed E-state index contributed by atoms with van der Waals surface area (Å²) in [5.74, 6) is -0.0625. The van der Waals surface area contributed by atoms with E-state index in [0.717, 1.165) is 38.7 Å². The number of aryl methyl sites for hydroxylation is 2. The summed E-state index contributed by atoms with van der Waals surface area (Å²) in [7, 11) is 0. The molecule has 1 radical (unpaired) electrons. The van der Waals surface area contributed by atoms with E-state index < -0.39 is 0 Å². The fourth-order valence-corrected chi connectivity index (χ4v) is 5.74. The maximum atomic E-state index is 10.0. The van der Waals surface area contributed by atoms with Gasteiger partial charge < -0.3 is 9.52 Å². The molecule has 0 aliphatic carbocycles. The molecule has 6 aromatic rings. The van der Waals surface area contributed by atoms with Crippen molar-refractivity contribution in [1.82, 2.24) is 4.98 Å². The van der Waals surface area contributed by atoms with Gasteiger partial charge in [0.1, 0.15) is 5.58 Å². The smallest absolute Gasteiger partial charge is 0.155 e. The number of hydrogen-bond acceptors (Lipinski definition) is 5. The van der Waals surface area contributed by atoms with E-state index in [0.29, 0.717) is 0 Å². The molecule has 0 saturated carbocycles. The second-order valence-corrected chi connectivity index (χ2v) is 10.1. The maximum absolute atomic E-state index is 10.0. The maximum Gasteiger partial charge on any atom is 0.155 e. The molecule has 0 spiro atoms. The van der Waals surface area contributed by atoms with E-state index in [4.69, 9.17) is 14.5 Å². The number of fused-ring (bicyclic) bond motifs is 4. The summed E-state index contributed by atoms with van der Waals surface area (Å²) in [4.78, 5) is 16.3. The summed E-state index contributed by atoms with van der Waals surface area (Å²) in [5, 5.41) is 10.6. The molecule has 0 unspecified atom stereocenters. The molecule has 6 rings (SSSR count). The quantitative estimate of drug-likeness (QED) is 0.114. The van der Waals surface area contributed by atoms with E-state index in [1.54, 1.807) is 11.3 Å². The number of aromatic nitrogens is 1. The molecular weight excluding hydrogens is 671 g/mol. The Hall–Kier alpha value is -3.57. The van der Waals surface area contributed by atoms with Gasteiger partial charge in [0, 0.05) is 36.4 Å². The first kappa shape index (κ1) is 27.5. The topological polar surface area (TPSA) is 63.3 Å². The van der Waals surface area contributed by atoms with Crippen LogP contribution in [-0.4, -0.2) is 15.9 Å². The molecule has 0 bridgehead atoms. The number of pyridine rings is 1. The number of carbonyl (C=O) groups is 1. The molecule has 3 heterocycles. The third-order valence-electron chi connectivity index (χ3n) is 6.11. The van der Waals surface area contributed by atoms with Crippen LogP contribution in [0.3, 0.4) is 0 Å². The fourth-order valence-electron chi connectivity index (χ4n) is 4.56. The molecule has 3 aromatic carbocycles. The molecule has 0 fully saturated rings. The van der Waals surface area contributed by atoms with E-state index in [-0.39, 0.29) is 31.6 Å². The largest absolute Gasteiger partial charge is 0.512 e. The van der Waals surface area contributed by atoms with Crippen LogP contribution in [0.1, 0.15) is 25.0 Å². The molecule has 1 N–H and O–H groups in total. The van der Waals surface area contributed by atoms with Gasteiger partial charge in [-0.15, -0.1) is 29.5 Å². The Labute approximate surface area is 239 Å². The van der Waals surface area contributed by atoms with Crippen molar-refractivity contribution in [2.75, 3.05) is 0 Å². The summed E-state index contributed by atoms with van der Waals surface area (Å²) in [6.07, 6.45) is 1.17. The SMILES string of the molecule is CC(=O)/C=C(/C)O.Cc1cccc(C)c1-c1cc2nc(-c3[c-]ccc4c3oc3ccccc34)ccc2s1.[Ir]. The van der Waals surface area contributed by atoms with Gasteiger partial charge in [0.05, 0.1) is 21.6 Å². The predicted octanol–water partition coefficient (Wildman–Crippen LogP) is 8.98. The second-order valence-electron chi connectivity index (χ2n) is 9.05. The number of ketones is 1. The molecule has 0 atom stereocenters. The number of benzene rings is 3. The van der Waals surface area contributed by atoms with Gasteiger partial charge >= 0.3 is 0 Å². The van der Waals surface area contributed by atoms with Crippen molar-refractivity contribution in [2.24, 2.45) is 0 Å². The van der Waals surface area contributed by atoms with Gasteiger partial charge in [-0.3, -0.25) is 9.78 Å². The monoisotopic (exact) mass is 697 g/mol. The molecule has 4 nitrogen and oxygen atoms in total. The Balaban J connectivity index is 0.000000375. The van der Waals surface area contributed by atoms with Gasteiger partial charge in [0.15, 0.2) is 5.78 Å². The number of carbonyl (C=O) groups excluding carboxylic acids is 1. The van der Waals surface area contributed by atoms with Gasteiger partial charge in [-0.1, -0.05) is 53.4 Å². The Bertz CT molecular complexity index is 1790. The molecular formula is C32H26IrNO3S-. The van der Waals surface area contributed by atoms with Gasteiger partial charge in [0.2, 0.25) is 0 Å². The van der Waals surface area contributed by atoms with E-state index in [1.165, 1.54) is 46.2 Å². The molecule has 0 aliphatic rings. The van der Waals surface area contributed by atoms with Crippen molar-refractivity contribution < 1.29 is 34.4 Å². The Morgan fingerprint density at radius 3 is 2.39 bits per heavy atom. The summed E-state index contributed by atoms with van der Waals surface area (Å²) in [5.41, 5.74) is 8.44. The number of furan rings is 1. The average Bonchev–Trinajstić information content (AvgIpc) is 3.44. The van der Waals surface area contributed by atoms with Crippen LogP contribution in [0.5, 0.6) is 0 Å². The zero-order chi connectivity index (χ0) is 26.1. The van der Waals surface area contributed by atoms with Crippen LogP contribution in [0.15, 0.2) is 89.0 Å². The Kier molecular flexibility index (Phi) is 8.27. The number of allylic oxidation sites excluding steroid dienone is 2. The minimum atomic E-state index is -0.125. The second kappa shape index (κ2) is 11.4. The summed E-state index contributed by atoms with van der Waals surface area (Å²) >= 11 is 1.79. The molecule has 3 aromatic heterocycles. The third kappa shape index (κ3) is 5.48. The van der Waals surface area contributed by atoms with Crippen molar-refractivity contribution in [2.45, 2.75) is 27.7 Å². The number of aliphatic hydroxyl groups is 1. The van der Waals surface area contributed by atoms with Crippen LogP contribution in [0.4, 0.5) is 0 Å². The summed E-state index contributed by atoms with van der Waals surface area (Å²) in [6, 6.07) is 28.4. The Morgan fingerprint density at radius 2 is 1.71 bits per heavy atom. The van der Waals surface area contributed by atoms with Crippen LogP contribution >= 0.6 is 11.3 Å². The molecule has 38 heavy (non-hydrogen) atoms. The summed E-state index contributed by atoms with van der Waals surface area (Å²) < 4.78 is 7.38. The predicted molar refractivity (Wildman–Crippen MR) is 153 cm³/mol. The minimum absolute atomic E-state index is 0. The van der Waals surface area contributed by atoms with E-state index in [9.17, 15) is 4.79 Å². The van der Waals surface area contributed by atoms with E-state index in [1.807, 2.05) is 24.3 Å². The number of aliphatic hydroxyl groups excluding tert-OH is 1. The molecule has 0 amide bonds. The first-order valence-corrected chi connectivity index (χ1v) is 12.8. The fraction of sp³-hybridized carbons (Fsp3) is 0.125. The molecule has 0 saturated heterocycles. The first-order chi connectivity index (χ1) is 17.8. The first-order valence-electron chi connectivity index (χ1n) is 12.0. The third-order valence-corrected chi connectivity index (χ3v) is 7.22. The van der Waals surface area contributed by atoms with Crippen LogP contribution in [0.2, 0.25) is 0 Å². The van der Waals surface area contributed by atoms with Gasteiger partial charge in [0.25, 0.3) is 0 Å². The molecule has 193 valence electrons. The van der Waals surface area contributed by atoms with Crippen LogP contribution in [0.25, 0.3) is 53.9 Å². The van der Waals surface area contributed by atoms with E-state index >= 15 is 0 Å². The van der Waals surface area contributed by atoms with Crippen molar-refractivity contribution in [3.05, 3.63) is 102 Å². The van der Waals surface area contributed by atoms with E-state index in [2.05, 4.69) is 68.4 Å². The summed E-state index contributed by atoms with van der Waals surface area (Å²) in [6.45, 7) is 7.19. The Morgan fingerprint density at radius 1 is 0.974 bits per heavy atom. The van der Waals surface area contributed by atoms with Crippen LogP contribution in [0, 0.1) is 19.9 Å². The van der Waals surface area contributed by atoms with Crippen LogP contribution in [-0.2, 0) is 24.9 Å². The minimum Gasteiger partial charge on any atom is -0.512 e.